The Kier molecular flexibility index (Phi) is 3.45. The number of Topliss-reactive ketones (excluding diaryl/α,β-unsaturated/α-hetero) is 1. The van der Waals surface area contributed by atoms with Gasteiger partial charge < -0.3 is 4.74 Å². The van der Waals surface area contributed by atoms with Crippen LogP contribution in [-0.4, -0.2) is 23.1 Å². The van der Waals surface area contributed by atoms with Crippen LogP contribution in [0, 0.1) is 0 Å². The van der Waals surface area contributed by atoms with Crippen molar-refractivity contribution in [1.29, 1.82) is 0 Å². The maximum absolute atomic E-state index is 12.0. The van der Waals surface area contributed by atoms with Gasteiger partial charge in [-0.05, 0) is 24.3 Å². The minimum atomic E-state index is -0.0250. The fourth-order valence-corrected chi connectivity index (χ4v) is 1.56. The van der Waals surface area contributed by atoms with Gasteiger partial charge in [-0.2, -0.15) is 10.2 Å². The van der Waals surface area contributed by atoms with Crippen LogP contribution in [0.4, 0.5) is 0 Å². The molecule has 86 valence electrons. The van der Waals surface area contributed by atoms with E-state index in [0.29, 0.717) is 17.0 Å². The lowest BCUT2D eigenvalue weighted by atomic mass is 10.1. The highest BCUT2D eigenvalue weighted by Crippen LogP contribution is 2.18. The molecule has 4 heteroatoms. The van der Waals surface area contributed by atoms with Gasteiger partial charge in [0.15, 0.2) is 5.78 Å². The topological polar surface area (TPSA) is 52.1 Å². The summed E-state index contributed by atoms with van der Waals surface area (Å²) in [5.74, 6) is 0.560. The molecule has 0 aliphatic heterocycles. The van der Waals surface area contributed by atoms with Gasteiger partial charge >= 0.3 is 0 Å². The van der Waals surface area contributed by atoms with E-state index in [4.69, 9.17) is 4.74 Å². The van der Waals surface area contributed by atoms with E-state index < -0.39 is 0 Å². The molecule has 1 heterocycles. The van der Waals surface area contributed by atoms with Crippen LogP contribution in [0.15, 0.2) is 42.6 Å². The average Bonchev–Trinajstić information content (AvgIpc) is 2.40. The SMILES string of the molecule is COc1ccccc1C(=O)Cc1cccnn1. The molecule has 0 aliphatic carbocycles. The lowest BCUT2D eigenvalue weighted by Gasteiger charge is -2.06. The first-order valence-corrected chi connectivity index (χ1v) is 5.24. The van der Waals surface area contributed by atoms with Gasteiger partial charge in [0.05, 0.1) is 24.8 Å². The number of rotatable bonds is 4. The van der Waals surface area contributed by atoms with Crippen LogP contribution in [0.3, 0.4) is 0 Å². The monoisotopic (exact) mass is 228 g/mol. The Morgan fingerprint density at radius 2 is 2.06 bits per heavy atom. The number of benzene rings is 1. The second kappa shape index (κ2) is 5.21. The minimum absolute atomic E-state index is 0.0250. The average molecular weight is 228 g/mol. The second-order valence-corrected chi connectivity index (χ2v) is 3.52. The first kappa shape index (κ1) is 11.3. The molecular formula is C13H12N2O2. The zero-order valence-electron chi connectivity index (χ0n) is 9.46. The lowest BCUT2D eigenvalue weighted by molar-refractivity contribution is 0.0989. The van der Waals surface area contributed by atoms with Crippen LogP contribution in [0.2, 0.25) is 0 Å². The van der Waals surface area contributed by atoms with E-state index in [1.807, 2.05) is 12.1 Å². The molecule has 0 aliphatic rings. The smallest absolute Gasteiger partial charge is 0.172 e. The number of carbonyl (C=O) groups excluding carboxylic acids is 1. The van der Waals surface area contributed by atoms with Crippen molar-refractivity contribution in [2.24, 2.45) is 0 Å². The fourth-order valence-electron chi connectivity index (χ4n) is 1.56. The molecule has 2 rings (SSSR count). The summed E-state index contributed by atoms with van der Waals surface area (Å²) in [6, 6.07) is 10.7. The number of aromatic nitrogens is 2. The molecule has 0 unspecified atom stereocenters. The van der Waals surface area contributed by atoms with E-state index in [-0.39, 0.29) is 12.2 Å². The Bertz CT molecular complexity index is 512. The van der Waals surface area contributed by atoms with E-state index in [2.05, 4.69) is 10.2 Å². The van der Waals surface area contributed by atoms with Crippen LogP contribution < -0.4 is 4.74 Å². The van der Waals surface area contributed by atoms with Crippen LogP contribution in [0.5, 0.6) is 5.75 Å². The summed E-state index contributed by atoms with van der Waals surface area (Å²) in [5, 5.41) is 7.63. The Balaban J connectivity index is 2.20. The van der Waals surface area contributed by atoms with Crippen LogP contribution in [0.1, 0.15) is 16.1 Å². The summed E-state index contributed by atoms with van der Waals surface area (Å²) in [5.41, 5.74) is 1.23. The quantitative estimate of drug-likeness (QED) is 0.750. The summed E-state index contributed by atoms with van der Waals surface area (Å²) >= 11 is 0. The molecule has 0 saturated heterocycles. The predicted molar refractivity (Wildman–Crippen MR) is 63.1 cm³/mol. The second-order valence-electron chi connectivity index (χ2n) is 3.52. The van der Waals surface area contributed by atoms with Gasteiger partial charge in [0.25, 0.3) is 0 Å². The summed E-state index contributed by atoms with van der Waals surface area (Å²) in [4.78, 5) is 12.0. The first-order chi connectivity index (χ1) is 8.31. The molecule has 0 atom stereocenters. The van der Waals surface area contributed by atoms with Gasteiger partial charge in [-0.3, -0.25) is 4.79 Å². The Morgan fingerprint density at radius 1 is 1.24 bits per heavy atom. The molecule has 1 aromatic heterocycles. The standard InChI is InChI=1S/C13H12N2O2/c1-17-13-7-3-2-6-11(13)12(16)9-10-5-4-8-14-15-10/h2-8H,9H2,1H3. The van der Waals surface area contributed by atoms with Crippen molar-refractivity contribution in [3.05, 3.63) is 53.9 Å². The van der Waals surface area contributed by atoms with Gasteiger partial charge in [0.1, 0.15) is 5.75 Å². The summed E-state index contributed by atoms with van der Waals surface area (Å²) in [7, 11) is 1.55. The van der Waals surface area contributed by atoms with Crippen LogP contribution in [0.25, 0.3) is 0 Å². The van der Waals surface area contributed by atoms with Gasteiger partial charge in [-0.15, -0.1) is 0 Å². The molecule has 0 radical (unpaired) electrons. The van der Waals surface area contributed by atoms with Crippen molar-refractivity contribution in [2.75, 3.05) is 7.11 Å². The third kappa shape index (κ3) is 2.66. The lowest BCUT2D eigenvalue weighted by Crippen LogP contribution is -2.07. The molecule has 0 saturated carbocycles. The zero-order valence-corrected chi connectivity index (χ0v) is 9.46. The molecule has 1 aromatic carbocycles. The number of para-hydroxylation sites is 1. The van der Waals surface area contributed by atoms with E-state index >= 15 is 0 Å². The highest BCUT2D eigenvalue weighted by atomic mass is 16.5. The number of methoxy groups -OCH3 is 1. The van der Waals surface area contributed by atoms with Crippen molar-refractivity contribution >= 4 is 5.78 Å². The third-order valence-electron chi connectivity index (χ3n) is 2.38. The highest BCUT2D eigenvalue weighted by Gasteiger charge is 2.12. The van der Waals surface area contributed by atoms with Crippen molar-refractivity contribution in [2.45, 2.75) is 6.42 Å². The maximum atomic E-state index is 12.0. The van der Waals surface area contributed by atoms with E-state index in [9.17, 15) is 4.79 Å². The van der Waals surface area contributed by atoms with Gasteiger partial charge in [-0.1, -0.05) is 12.1 Å². The fraction of sp³-hybridized carbons (Fsp3) is 0.154. The zero-order chi connectivity index (χ0) is 12.1. The number of ketones is 1. The van der Waals surface area contributed by atoms with Crippen molar-refractivity contribution in [3.63, 3.8) is 0 Å². The third-order valence-corrected chi connectivity index (χ3v) is 2.38. The summed E-state index contributed by atoms with van der Waals surface area (Å²) in [6.45, 7) is 0. The largest absolute Gasteiger partial charge is 0.496 e. The number of carbonyl (C=O) groups is 1. The van der Waals surface area contributed by atoms with Gasteiger partial charge in [-0.25, -0.2) is 0 Å². The molecule has 0 bridgehead atoms. The first-order valence-electron chi connectivity index (χ1n) is 5.24. The normalized spacial score (nSPS) is 9.94. The molecule has 0 N–H and O–H groups in total. The molecule has 0 amide bonds. The molecule has 17 heavy (non-hydrogen) atoms. The molecular weight excluding hydrogens is 216 g/mol. The van der Waals surface area contributed by atoms with E-state index in [1.54, 1.807) is 37.6 Å². The molecule has 0 fully saturated rings. The summed E-state index contributed by atoms with van der Waals surface area (Å²) < 4.78 is 5.15. The molecule has 0 spiro atoms. The maximum Gasteiger partial charge on any atom is 0.172 e. The van der Waals surface area contributed by atoms with Crippen molar-refractivity contribution < 1.29 is 9.53 Å². The number of ether oxygens (including phenoxy) is 1. The molecule has 4 nitrogen and oxygen atoms in total. The van der Waals surface area contributed by atoms with Gasteiger partial charge in [0, 0.05) is 6.20 Å². The summed E-state index contributed by atoms with van der Waals surface area (Å²) in [6.07, 6.45) is 1.81. The van der Waals surface area contributed by atoms with Crippen LogP contribution in [-0.2, 0) is 6.42 Å². The van der Waals surface area contributed by atoms with Crippen LogP contribution >= 0.6 is 0 Å². The number of nitrogens with zero attached hydrogens (tertiary/aromatic N) is 2. The Morgan fingerprint density at radius 3 is 2.76 bits per heavy atom. The van der Waals surface area contributed by atoms with Crippen molar-refractivity contribution in [3.8, 4) is 5.75 Å². The predicted octanol–water partition coefficient (Wildman–Crippen LogP) is 1.91. The number of hydrogen-bond acceptors (Lipinski definition) is 4. The number of hydrogen-bond donors (Lipinski definition) is 0. The highest BCUT2D eigenvalue weighted by molar-refractivity contribution is 5.99. The van der Waals surface area contributed by atoms with E-state index in [1.165, 1.54) is 0 Å². The van der Waals surface area contributed by atoms with Crippen molar-refractivity contribution in [1.82, 2.24) is 10.2 Å². The Hall–Kier alpha value is -2.23. The van der Waals surface area contributed by atoms with Gasteiger partial charge in [0.2, 0.25) is 0 Å². The molecule has 2 aromatic rings. The Labute approximate surface area is 99.3 Å². The minimum Gasteiger partial charge on any atom is -0.496 e. The van der Waals surface area contributed by atoms with E-state index in [0.717, 1.165) is 0 Å².